The van der Waals surface area contributed by atoms with Crippen molar-refractivity contribution in [3.05, 3.63) is 30.1 Å². The van der Waals surface area contributed by atoms with Gasteiger partial charge in [-0.05, 0) is 31.5 Å². The topological polar surface area (TPSA) is 73.7 Å². The SMILES string of the molecule is CCN(C(=O)N(C)Cc1ccncc1)C(C)CC(=O)O. The molecular weight excluding hydrogens is 258 g/mol. The number of hydrogen-bond acceptors (Lipinski definition) is 3. The van der Waals surface area contributed by atoms with Crippen molar-refractivity contribution < 1.29 is 14.7 Å². The summed E-state index contributed by atoms with van der Waals surface area (Å²) in [6, 6.07) is 3.20. The van der Waals surface area contributed by atoms with Crippen molar-refractivity contribution in [2.75, 3.05) is 13.6 Å². The third-order valence-electron chi connectivity index (χ3n) is 3.08. The number of rotatable bonds is 6. The van der Waals surface area contributed by atoms with Gasteiger partial charge in [-0.2, -0.15) is 0 Å². The summed E-state index contributed by atoms with van der Waals surface area (Å²) in [6.07, 6.45) is 3.30. The fraction of sp³-hybridized carbons (Fsp3) is 0.500. The van der Waals surface area contributed by atoms with E-state index in [0.29, 0.717) is 13.1 Å². The van der Waals surface area contributed by atoms with E-state index in [0.717, 1.165) is 5.56 Å². The predicted octanol–water partition coefficient (Wildman–Crippen LogP) is 1.82. The van der Waals surface area contributed by atoms with Crippen molar-refractivity contribution in [3.8, 4) is 0 Å². The Kier molecular flexibility index (Phi) is 5.96. The quantitative estimate of drug-likeness (QED) is 0.862. The van der Waals surface area contributed by atoms with Gasteiger partial charge in [-0.15, -0.1) is 0 Å². The van der Waals surface area contributed by atoms with Crippen molar-refractivity contribution >= 4 is 12.0 Å². The van der Waals surface area contributed by atoms with Crippen LogP contribution in [0.25, 0.3) is 0 Å². The third kappa shape index (κ3) is 4.53. The van der Waals surface area contributed by atoms with Crippen LogP contribution in [0.5, 0.6) is 0 Å². The number of urea groups is 1. The van der Waals surface area contributed by atoms with Crippen molar-refractivity contribution in [3.63, 3.8) is 0 Å². The molecule has 0 saturated carbocycles. The number of hydrogen-bond donors (Lipinski definition) is 1. The first-order valence-electron chi connectivity index (χ1n) is 6.58. The molecule has 1 aromatic rings. The van der Waals surface area contributed by atoms with Gasteiger partial charge in [0.15, 0.2) is 0 Å². The highest BCUT2D eigenvalue weighted by molar-refractivity contribution is 5.75. The van der Waals surface area contributed by atoms with Crippen LogP contribution >= 0.6 is 0 Å². The molecule has 0 spiro atoms. The second-order valence-corrected chi connectivity index (χ2v) is 4.73. The van der Waals surface area contributed by atoms with E-state index in [1.54, 1.807) is 36.2 Å². The molecule has 0 aliphatic carbocycles. The van der Waals surface area contributed by atoms with Gasteiger partial charge in [0.05, 0.1) is 6.42 Å². The van der Waals surface area contributed by atoms with Gasteiger partial charge in [-0.3, -0.25) is 9.78 Å². The molecule has 1 heterocycles. The van der Waals surface area contributed by atoms with Gasteiger partial charge in [-0.25, -0.2) is 4.79 Å². The molecule has 0 bridgehead atoms. The Labute approximate surface area is 119 Å². The van der Waals surface area contributed by atoms with Gasteiger partial charge in [0.25, 0.3) is 0 Å². The standard InChI is InChI=1S/C14H21N3O3/c1-4-17(11(2)9-13(18)19)14(20)16(3)10-12-5-7-15-8-6-12/h5-8,11H,4,9-10H2,1-3H3,(H,18,19). The van der Waals surface area contributed by atoms with E-state index < -0.39 is 5.97 Å². The maximum absolute atomic E-state index is 12.3. The van der Waals surface area contributed by atoms with Crippen molar-refractivity contribution in [1.29, 1.82) is 0 Å². The van der Waals surface area contributed by atoms with Crippen LogP contribution in [0.1, 0.15) is 25.8 Å². The average Bonchev–Trinajstić information content (AvgIpc) is 2.39. The van der Waals surface area contributed by atoms with Crippen LogP contribution in [-0.4, -0.2) is 51.5 Å². The van der Waals surface area contributed by atoms with Crippen LogP contribution in [0.2, 0.25) is 0 Å². The lowest BCUT2D eigenvalue weighted by Gasteiger charge is -2.31. The average molecular weight is 279 g/mol. The fourth-order valence-corrected chi connectivity index (χ4v) is 2.05. The number of amides is 2. The van der Waals surface area contributed by atoms with Crippen LogP contribution in [0, 0.1) is 0 Å². The molecule has 6 nitrogen and oxygen atoms in total. The molecular formula is C14H21N3O3. The van der Waals surface area contributed by atoms with Gasteiger partial charge in [-0.1, -0.05) is 0 Å². The summed E-state index contributed by atoms with van der Waals surface area (Å²) in [5, 5.41) is 8.83. The summed E-state index contributed by atoms with van der Waals surface area (Å²) in [5.74, 6) is -0.902. The highest BCUT2D eigenvalue weighted by atomic mass is 16.4. The lowest BCUT2D eigenvalue weighted by atomic mass is 10.2. The van der Waals surface area contributed by atoms with Crippen LogP contribution < -0.4 is 0 Å². The molecule has 20 heavy (non-hydrogen) atoms. The summed E-state index contributed by atoms with van der Waals surface area (Å²) < 4.78 is 0. The van der Waals surface area contributed by atoms with E-state index in [2.05, 4.69) is 4.98 Å². The second-order valence-electron chi connectivity index (χ2n) is 4.73. The molecule has 110 valence electrons. The Balaban J connectivity index is 2.68. The predicted molar refractivity (Wildman–Crippen MR) is 75.2 cm³/mol. The van der Waals surface area contributed by atoms with Gasteiger partial charge in [0.2, 0.25) is 0 Å². The minimum absolute atomic E-state index is 0.0529. The molecule has 0 aliphatic rings. The van der Waals surface area contributed by atoms with Crippen LogP contribution in [0.4, 0.5) is 4.79 Å². The van der Waals surface area contributed by atoms with E-state index in [-0.39, 0.29) is 18.5 Å². The molecule has 0 radical (unpaired) electrons. The lowest BCUT2D eigenvalue weighted by molar-refractivity contribution is -0.138. The number of carbonyl (C=O) groups excluding carboxylic acids is 1. The van der Waals surface area contributed by atoms with Gasteiger partial charge in [0, 0.05) is 38.6 Å². The highest BCUT2D eigenvalue weighted by Gasteiger charge is 2.23. The highest BCUT2D eigenvalue weighted by Crippen LogP contribution is 2.10. The van der Waals surface area contributed by atoms with Crippen molar-refractivity contribution in [2.24, 2.45) is 0 Å². The second kappa shape index (κ2) is 7.47. The zero-order chi connectivity index (χ0) is 15.1. The molecule has 6 heteroatoms. The smallest absolute Gasteiger partial charge is 0.320 e. The molecule has 1 aromatic heterocycles. The van der Waals surface area contributed by atoms with Crippen LogP contribution in [0.3, 0.4) is 0 Å². The Bertz CT molecular complexity index is 450. The number of aromatic nitrogens is 1. The summed E-state index contributed by atoms with van der Waals surface area (Å²) in [7, 11) is 1.71. The zero-order valence-electron chi connectivity index (χ0n) is 12.1. The van der Waals surface area contributed by atoms with Crippen molar-refractivity contribution in [2.45, 2.75) is 32.9 Å². The Hall–Kier alpha value is -2.11. The molecule has 0 aliphatic heterocycles. The number of pyridine rings is 1. The number of aliphatic carboxylic acids is 1. The van der Waals surface area contributed by atoms with Gasteiger partial charge in [0.1, 0.15) is 0 Å². The normalized spacial score (nSPS) is 11.8. The minimum Gasteiger partial charge on any atom is -0.481 e. The fourth-order valence-electron chi connectivity index (χ4n) is 2.05. The summed E-state index contributed by atoms with van der Waals surface area (Å²) in [4.78, 5) is 30.2. The van der Waals surface area contributed by atoms with Gasteiger partial charge < -0.3 is 14.9 Å². The zero-order valence-corrected chi connectivity index (χ0v) is 12.1. The third-order valence-corrected chi connectivity index (χ3v) is 3.08. The van der Waals surface area contributed by atoms with E-state index in [4.69, 9.17) is 5.11 Å². The number of carboxylic acids is 1. The summed E-state index contributed by atoms with van der Waals surface area (Å²) in [5.41, 5.74) is 0.984. The van der Waals surface area contributed by atoms with E-state index in [1.807, 2.05) is 19.1 Å². The summed E-state index contributed by atoms with van der Waals surface area (Å²) >= 11 is 0. The first kappa shape index (κ1) is 15.9. The maximum atomic E-state index is 12.3. The monoisotopic (exact) mass is 279 g/mol. The first-order valence-corrected chi connectivity index (χ1v) is 6.58. The van der Waals surface area contributed by atoms with Crippen LogP contribution in [-0.2, 0) is 11.3 Å². The van der Waals surface area contributed by atoms with Crippen LogP contribution in [0.15, 0.2) is 24.5 Å². The number of carbonyl (C=O) groups is 2. The van der Waals surface area contributed by atoms with Crippen molar-refractivity contribution in [1.82, 2.24) is 14.8 Å². The molecule has 1 atom stereocenters. The first-order chi connectivity index (χ1) is 9.45. The summed E-state index contributed by atoms with van der Waals surface area (Å²) in [6.45, 7) is 4.54. The molecule has 0 fully saturated rings. The lowest BCUT2D eigenvalue weighted by Crippen LogP contribution is -2.46. The Morgan fingerprint density at radius 3 is 2.45 bits per heavy atom. The van der Waals surface area contributed by atoms with E-state index in [1.165, 1.54) is 0 Å². The number of carboxylic acid groups (broad SMARTS) is 1. The Morgan fingerprint density at radius 2 is 1.95 bits per heavy atom. The number of nitrogens with zero attached hydrogens (tertiary/aromatic N) is 3. The van der Waals surface area contributed by atoms with E-state index >= 15 is 0 Å². The molecule has 1 unspecified atom stereocenters. The largest absolute Gasteiger partial charge is 0.481 e. The van der Waals surface area contributed by atoms with E-state index in [9.17, 15) is 9.59 Å². The molecule has 0 saturated heterocycles. The minimum atomic E-state index is -0.902. The Morgan fingerprint density at radius 1 is 1.35 bits per heavy atom. The van der Waals surface area contributed by atoms with Gasteiger partial charge >= 0.3 is 12.0 Å². The maximum Gasteiger partial charge on any atom is 0.320 e. The molecule has 1 rings (SSSR count). The molecule has 0 aromatic carbocycles. The molecule has 2 amide bonds. The molecule has 1 N–H and O–H groups in total.